The summed E-state index contributed by atoms with van der Waals surface area (Å²) in [5.41, 5.74) is -1.31. The van der Waals surface area contributed by atoms with Gasteiger partial charge in [0.1, 0.15) is 47.1 Å². The molecular formula is C24H6F4N6. The van der Waals surface area contributed by atoms with Gasteiger partial charge in [0.15, 0.2) is 0 Å². The van der Waals surface area contributed by atoms with Crippen LogP contribution >= 0.6 is 0 Å². The molecule has 0 fully saturated rings. The SMILES string of the molecule is N#CC(C#N)=C1C(c2cc(F)cc(F)n2)=CC2=C1C=C(c1cc(F)cc(F)n1)C2=C(C#N)C#N. The van der Waals surface area contributed by atoms with E-state index in [-0.39, 0.29) is 44.8 Å². The Morgan fingerprint density at radius 2 is 0.941 bits per heavy atom. The zero-order valence-corrected chi connectivity index (χ0v) is 16.7. The molecular weight excluding hydrogens is 448 g/mol. The molecule has 2 aliphatic carbocycles. The molecule has 2 aromatic heterocycles. The molecule has 4 rings (SSSR count). The molecule has 6 nitrogen and oxygen atoms in total. The number of nitrogens with zero attached hydrogens (tertiary/aromatic N) is 6. The van der Waals surface area contributed by atoms with Gasteiger partial charge in [0.05, 0.1) is 11.4 Å². The van der Waals surface area contributed by atoms with E-state index in [1.807, 2.05) is 0 Å². The van der Waals surface area contributed by atoms with Crippen molar-refractivity contribution in [1.82, 2.24) is 9.97 Å². The highest BCUT2D eigenvalue weighted by Crippen LogP contribution is 2.50. The van der Waals surface area contributed by atoms with Crippen LogP contribution in [0.5, 0.6) is 0 Å². The molecule has 160 valence electrons. The second-order valence-electron chi connectivity index (χ2n) is 6.88. The minimum absolute atomic E-state index is 0.0112. The highest BCUT2D eigenvalue weighted by molar-refractivity contribution is 6.04. The lowest BCUT2D eigenvalue weighted by Gasteiger charge is -2.10. The van der Waals surface area contributed by atoms with Crippen molar-refractivity contribution in [3.8, 4) is 24.3 Å². The van der Waals surface area contributed by atoms with E-state index in [1.165, 1.54) is 12.2 Å². The number of hydrogen-bond donors (Lipinski definition) is 0. The van der Waals surface area contributed by atoms with E-state index < -0.39 is 34.7 Å². The molecule has 0 aromatic carbocycles. The van der Waals surface area contributed by atoms with Crippen LogP contribution in [0.1, 0.15) is 11.4 Å². The molecule has 2 heterocycles. The third-order valence-electron chi connectivity index (χ3n) is 4.96. The van der Waals surface area contributed by atoms with Crippen LogP contribution in [0.25, 0.3) is 11.1 Å². The van der Waals surface area contributed by atoms with Gasteiger partial charge in [0.25, 0.3) is 0 Å². The number of allylic oxidation sites excluding steroid dienone is 10. The second kappa shape index (κ2) is 8.31. The van der Waals surface area contributed by atoms with Gasteiger partial charge < -0.3 is 0 Å². The molecule has 0 saturated heterocycles. The van der Waals surface area contributed by atoms with E-state index >= 15 is 0 Å². The average Bonchev–Trinajstić information content (AvgIpc) is 3.32. The largest absolute Gasteiger partial charge is 0.219 e. The fraction of sp³-hybridized carbons (Fsp3) is 0. The van der Waals surface area contributed by atoms with E-state index in [0.29, 0.717) is 12.1 Å². The highest BCUT2D eigenvalue weighted by Gasteiger charge is 2.36. The number of rotatable bonds is 2. The summed E-state index contributed by atoms with van der Waals surface area (Å²) in [5, 5.41) is 38.0. The molecule has 0 unspecified atom stereocenters. The number of halogens is 4. The van der Waals surface area contributed by atoms with E-state index in [4.69, 9.17) is 0 Å². The normalized spacial score (nSPS) is 13.9. The fourth-order valence-corrected chi connectivity index (χ4v) is 3.72. The summed E-state index contributed by atoms with van der Waals surface area (Å²) in [5.74, 6) is -4.24. The molecule has 0 saturated carbocycles. The monoisotopic (exact) mass is 454 g/mol. The van der Waals surface area contributed by atoms with Gasteiger partial charge in [-0.2, -0.15) is 29.8 Å². The van der Waals surface area contributed by atoms with Crippen molar-refractivity contribution in [3.05, 3.63) is 105 Å². The highest BCUT2D eigenvalue weighted by atomic mass is 19.1. The van der Waals surface area contributed by atoms with Gasteiger partial charge in [-0.25, -0.2) is 18.7 Å². The Labute approximate surface area is 189 Å². The smallest absolute Gasteiger partial charge is 0.216 e. The summed E-state index contributed by atoms with van der Waals surface area (Å²) < 4.78 is 55.4. The van der Waals surface area contributed by atoms with E-state index in [2.05, 4.69) is 9.97 Å². The zero-order chi connectivity index (χ0) is 24.6. The Balaban J connectivity index is 2.06. The van der Waals surface area contributed by atoms with Crippen molar-refractivity contribution < 1.29 is 17.6 Å². The maximum atomic E-state index is 13.9. The van der Waals surface area contributed by atoms with Crippen LogP contribution in [0.3, 0.4) is 0 Å². The van der Waals surface area contributed by atoms with Gasteiger partial charge in [0, 0.05) is 46.6 Å². The van der Waals surface area contributed by atoms with E-state index in [1.54, 1.807) is 24.3 Å². The van der Waals surface area contributed by atoms with Crippen molar-refractivity contribution in [2.75, 3.05) is 0 Å². The lowest BCUT2D eigenvalue weighted by molar-refractivity contribution is 0.549. The summed E-state index contributed by atoms with van der Waals surface area (Å²) in [6.07, 6.45) is 2.59. The lowest BCUT2D eigenvalue weighted by Crippen LogP contribution is -2.00. The number of nitriles is 4. The minimum atomic E-state index is -1.15. The molecule has 0 N–H and O–H groups in total. The van der Waals surface area contributed by atoms with Crippen molar-refractivity contribution >= 4 is 11.1 Å². The summed E-state index contributed by atoms with van der Waals surface area (Å²) in [4.78, 5) is 7.24. The summed E-state index contributed by atoms with van der Waals surface area (Å²) in [7, 11) is 0. The maximum absolute atomic E-state index is 13.9. The first-order valence-electron chi connectivity index (χ1n) is 9.26. The first-order valence-corrected chi connectivity index (χ1v) is 9.26. The minimum Gasteiger partial charge on any atom is -0.219 e. The van der Waals surface area contributed by atoms with Crippen molar-refractivity contribution in [3.63, 3.8) is 0 Å². The third-order valence-corrected chi connectivity index (χ3v) is 4.96. The lowest BCUT2D eigenvalue weighted by atomic mass is 9.93. The van der Waals surface area contributed by atoms with Gasteiger partial charge in [-0.15, -0.1) is 0 Å². The molecule has 34 heavy (non-hydrogen) atoms. The Morgan fingerprint density at radius 1 is 0.588 bits per heavy atom. The molecule has 10 heteroatoms. The number of hydrogen-bond acceptors (Lipinski definition) is 6. The molecule has 2 aromatic rings. The molecule has 0 radical (unpaired) electrons. The van der Waals surface area contributed by atoms with Crippen molar-refractivity contribution in [2.45, 2.75) is 0 Å². The molecule has 2 aliphatic rings. The van der Waals surface area contributed by atoms with E-state index in [9.17, 15) is 38.6 Å². The number of aromatic nitrogens is 2. The van der Waals surface area contributed by atoms with Gasteiger partial charge in [0.2, 0.25) is 11.9 Å². The second-order valence-corrected chi connectivity index (χ2v) is 6.88. The quantitative estimate of drug-likeness (QED) is 0.374. The molecule has 0 aliphatic heterocycles. The fourth-order valence-electron chi connectivity index (χ4n) is 3.72. The summed E-state index contributed by atoms with van der Waals surface area (Å²) in [6.45, 7) is 0. The molecule has 0 spiro atoms. The Morgan fingerprint density at radius 3 is 1.24 bits per heavy atom. The Hall–Kier alpha value is -5.32. The molecule has 0 bridgehead atoms. The van der Waals surface area contributed by atoms with Gasteiger partial charge in [-0.3, -0.25) is 0 Å². The van der Waals surface area contributed by atoms with Crippen LogP contribution in [0.2, 0.25) is 0 Å². The third kappa shape index (κ3) is 3.52. The average molecular weight is 454 g/mol. The first-order chi connectivity index (χ1) is 16.3. The maximum Gasteiger partial charge on any atom is 0.216 e. The Kier molecular flexibility index (Phi) is 5.35. The van der Waals surface area contributed by atoms with Gasteiger partial charge in [-0.1, -0.05) is 0 Å². The van der Waals surface area contributed by atoms with Gasteiger partial charge in [-0.05, 0) is 23.3 Å². The van der Waals surface area contributed by atoms with Gasteiger partial charge >= 0.3 is 0 Å². The predicted octanol–water partition coefficient (Wildman–Crippen LogP) is 4.51. The number of pyridine rings is 2. The standard InChI is InChI=1S/C24H6F4N6/c25-13-1-19(33-21(27)3-13)17-5-15-16(23(17)11(7-29)8-30)6-18(24(15)12(9-31)10-32)20-2-14(26)4-22(28)34-20/h1-6H. The Bertz CT molecular complexity index is 1440. The topological polar surface area (TPSA) is 121 Å². The van der Waals surface area contributed by atoms with Crippen LogP contribution in [0.4, 0.5) is 17.6 Å². The zero-order valence-electron chi connectivity index (χ0n) is 16.7. The first kappa shape index (κ1) is 21.9. The van der Waals surface area contributed by atoms with Crippen molar-refractivity contribution in [2.24, 2.45) is 0 Å². The van der Waals surface area contributed by atoms with Crippen LogP contribution in [0.15, 0.2) is 69.9 Å². The van der Waals surface area contributed by atoms with Crippen molar-refractivity contribution in [1.29, 1.82) is 21.0 Å². The molecule has 0 amide bonds. The summed E-state index contributed by atoms with van der Waals surface area (Å²) in [6, 6.07) is 9.64. The van der Waals surface area contributed by atoms with Crippen LogP contribution < -0.4 is 0 Å². The summed E-state index contributed by atoms with van der Waals surface area (Å²) >= 11 is 0. The van der Waals surface area contributed by atoms with E-state index in [0.717, 1.165) is 12.1 Å². The van der Waals surface area contributed by atoms with Crippen LogP contribution in [-0.2, 0) is 0 Å². The van der Waals surface area contributed by atoms with Crippen LogP contribution in [-0.4, -0.2) is 9.97 Å². The van der Waals surface area contributed by atoms with Crippen LogP contribution in [0, 0.1) is 68.9 Å². The predicted molar refractivity (Wildman–Crippen MR) is 108 cm³/mol. The molecule has 0 atom stereocenters.